The second-order valence-corrected chi connectivity index (χ2v) is 4.38. The van der Waals surface area contributed by atoms with Crippen LogP contribution in [0.5, 0.6) is 0 Å². The van der Waals surface area contributed by atoms with Crippen molar-refractivity contribution in [3.8, 4) is 0 Å². The fourth-order valence-corrected chi connectivity index (χ4v) is 3.08. The SMILES string of the molecule is BC1CCCC2C(O)CCC12. The molecule has 0 heterocycles. The van der Waals surface area contributed by atoms with Gasteiger partial charge in [0.25, 0.3) is 0 Å². The third-order valence-corrected chi connectivity index (χ3v) is 3.77. The lowest BCUT2D eigenvalue weighted by Crippen LogP contribution is -2.26. The average molecular weight is 152 g/mol. The number of fused-ring (bicyclic) bond motifs is 1. The smallest absolute Gasteiger partial charge is 0.105 e. The lowest BCUT2D eigenvalue weighted by molar-refractivity contribution is 0.0966. The third-order valence-electron chi connectivity index (χ3n) is 3.77. The molecular weight excluding hydrogens is 135 g/mol. The first-order valence-corrected chi connectivity index (χ1v) is 4.97. The van der Waals surface area contributed by atoms with E-state index in [9.17, 15) is 5.11 Å². The molecule has 1 nitrogen and oxygen atoms in total. The molecule has 0 aromatic rings. The predicted octanol–water partition coefficient (Wildman–Crippen LogP) is 0.979. The zero-order valence-electron chi connectivity index (χ0n) is 7.29. The first kappa shape index (κ1) is 7.66. The lowest BCUT2D eigenvalue weighted by Gasteiger charge is -2.32. The summed E-state index contributed by atoms with van der Waals surface area (Å²) in [5.41, 5.74) is 0. The second-order valence-electron chi connectivity index (χ2n) is 4.38. The lowest BCUT2D eigenvalue weighted by atomic mass is 9.64. The molecule has 2 aliphatic carbocycles. The summed E-state index contributed by atoms with van der Waals surface area (Å²) in [5.74, 6) is 2.41. The first-order valence-electron chi connectivity index (χ1n) is 4.97. The molecule has 1 N–H and O–H groups in total. The van der Waals surface area contributed by atoms with Gasteiger partial charge in [0.15, 0.2) is 0 Å². The standard InChI is InChI=1S/C9H17BO/c10-8-3-1-2-7-6(8)4-5-9(7)11/h6-9,11H,1-5,10H2. The molecule has 2 heteroatoms. The normalized spacial score (nSPS) is 50.6. The van der Waals surface area contributed by atoms with Gasteiger partial charge < -0.3 is 5.11 Å². The van der Waals surface area contributed by atoms with Crippen molar-refractivity contribution in [2.75, 3.05) is 0 Å². The fraction of sp³-hybridized carbons (Fsp3) is 1.00. The van der Waals surface area contributed by atoms with Crippen molar-refractivity contribution in [1.29, 1.82) is 0 Å². The summed E-state index contributed by atoms with van der Waals surface area (Å²) in [6.45, 7) is 0. The van der Waals surface area contributed by atoms with E-state index in [1.165, 1.54) is 25.7 Å². The van der Waals surface area contributed by atoms with E-state index >= 15 is 0 Å². The number of rotatable bonds is 0. The maximum atomic E-state index is 9.64. The molecule has 2 aliphatic rings. The molecule has 2 rings (SSSR count). The summed E-state index contributed by atoms with van der Waals surface area (Å²) in [7, 11) is 2.36. The van der Waals surface area contributed by atoms with E-state index in [2.05, 4.69) is 7.85 Å². The van der Waals surface area contributed by atoms with Crippen LogP contribution in [0.2, 0.25) is 5.82 Å². The molecule has 0 amide bonds. The summed E-state index contributed by atoms with van der Waals surface area (Å²) < 4.78 is 0. The molecule has 0 radical (unpaired) electrons. The van der Waals surface area contributed by atoms with Gasteiger partial charge >= 0.3 is 0 Å². The van der Waals surface area contributed by atoms with Crippen LogP contribution in [0.25, 0.3) is 0 Å². The topological polar surface area (TPSA) is 20.2 Å². The van der Waals surface area contributed by atoms with E-state index in [1.54, 1.807) is 0 Å². The minimum absolute atomic E-state index is 0.0442. The summed E-state index contributed by atoms with van der Waals surface area (Å²) in [6.07, 6.45) is 6.43. The maximum Gasteiger partial charge on any atom is 0.105 e. The van der Waals surface area contributed by atoms with E-state index in [0.717, 1.165) is 18.2 Å². The molecule has 4 unspecified atom stereocenters. The van der Waals surface area contributed by atoms with Crippen molar-refractivity contribution in [1.82, 2.24) is 0 Å². The quantitative estimate of drug-likeness (QED) is 0.513. The summed E-state index contributed by atoms with van der Waals surface area (Å²) >= 11 is 0. The van der Waals surface area contributed by atoms with Gasteiger partial charge in [-0.2, -0.15) is 0 Å². The van der Waals surface area contributed by atoms with Gasteiger partial charge in [-0.3, -0.25) is 0 Å². The molecule has 0 aromatic carbocycles. The largest absolute Gasteiger partial charge is 0.393 e. The van der Waals surface area contributed by atoms with Gasteiger partial charge in [0.1, 0.15) is 7.85 Å². The predicted molar refractivity (Wildman–Crippen MR) is 48.4 cm³/mol. The van der Waals surface area contributed by atoms with Gasteiger partial charge in [-0.25, -0.2) is 0 Å². The van der Waals surface area contributed by atoms with Crippen LogP contribution in [0.15, 0.2) is 0 Å². The van der Waals surface area contributed by atoms with E-state index in [4.69, 9.17) is 0 Å². The van der Waals surface area contributed by atoms with Crippen molar-refractivity contribution in [3.63, 3.8) is 0 Å². The molecule has 0 bridgehead atoms. The Morgan fingerprint density at radius 3 is 2.55 bits per heavy atom. The van der Waals surface area contributed by atoms with Crippen LogP contribution < -0.4 is 0 Å². The summed E-state index contributed by atoms with van der Waals surface area (Å²) in [4.78, 5) is 0. The average Bonchev–Trinajstić information content (AvgIpc) is 2.35. The highest BCUT2D eigenvalue weighted by Gasteiger charge is 2.39. The van der Waals surface area contributed by atoms with Crippen molar-refractivity contribution < 1.29 is 5.11 Å². The van der Waals surface area contributed by atoms with Gasteiger partial charge in [0, 0.05) is 0 Å². The van der Waals surface area contributed by atoms with Crippen molar-refractivity contribution in [3.05, 3.63) is 0 Å². The highest BCUT2D eigenvalue weighted by atomic mass is 16.3. The third kappa shape index (κ3) is 1.22. The van der Waals surface area contributed by atoms with Gasteiger partial charge in [0.05, 0.1) is 6.10 Å². The van der Waals surface area contributed by atoms with Gasteiger partial charge in [-0.15, -0.1) is 0 Å². The maximum absolute atomic E-state index is 9.64. The van der Waals surface area contributed by atoms with Crippen LogP contribution in [0, 0.1) is 11.8 Å². The Balaban J connectivity index is 2.07. The van der Waals surface area contributed by atoms with E-state index in [0.29, 0.717) is 5.92 Å². The van der Waals surface area contributed by atoms with Crippen molar-refractivity contribution in [2.24, 2.45) is 11.8 Å². The summed E-state index contributed by atoms with van der Waals surface area (Å²) in [6, 6.07) is 0. The number of hydrogen-bond donors (Lipinski definition) is 1. The first-order chi connectivity index (χ1) is 5.29. The number of aliphatic hydroxyl groups is 1. The Bertz CT molecular complexity index is 146. The molecule has 2 fully saturated rings. The Labute approximate surface area is 69.6 Å². The fourth-order valence-electron chi connectivity index (χ4n) is 3.08. The Morgan fingerprint density at radius 2 is 1.82 bits per heavy atom. The second kappa shape index (κ2) is 2.82. The highest BCUT2D eigenvalue weighted by Crippen LogP contribution is 2.46. The summed E-state index contributed by atoms with van der Waals surface area (Å²) in [5, 5.41) is 9.64. The molecule has 62 valence electrons. The van der Waals surface area contributed by atoms with Crippen molar-refractivity contribution in [2.45, 2.75) is 44.0 Å². The van der Waals surface area contributed by atoms with Crippen LogP contribution in [0.3, 0.4) is 0 Å². The van der Waals surface area contributed by atoms with Crippen molar-refractivity contribution >= 4 is 7.85 Å². The molecule has 0 aliphatic heterocycles. The molecule has 11 heavy (non-hydrogen) atoms. The molecule has 2 saturated carbocycles. The van der Waals surface area contributed by atoms with Crippen LogP contribution in [0.1, 0.15) is 32.1 Å². The van der Waals surface area contributed by atoms with E-state index in [1.807, 2.05) is 0 Å². The van der Waals surface area contributed by atoms with E-state index < -0.39 is 0 Å². The van der Waals surface area contributed by atoms with Crippen LogP contribution in [0.4, 0.5) is 0 Å². The minimum atomic E-state index is 0.0442. The van der Waals surface area contributed by atoms with Crippen LogP contribution >= 0.6 is 0 Å². The van der Waals surface area contributed by atoms with Gasteiger partial charge in [-0.05, 0) is 31.1 Å². The zero-order chi connectivity index (χ0) is 7.84. The Hall–Kier alpha value is 0.0249. The molecule has 4 atom stereocenters. The molecular formula is C9H17BO. The molecule has 0 saturated heterocycles. The molecule has 0 aromatic heterocycles. The highest BCUT2D eigenvalue weighted by molar-refractivity contribution is 6.11. The van der Waals surface area contributed by atoms with Gasteiger partial charge in [0.2, 0.25) is 0 Å². The van der Waals surface area contributed by atoms with Crippen LogP contribution in [-0.4, -0.2) is 19.1 Å². The van der Waals surface area contributed by atoms with Crippen LogP contribution in [-0.2, 0) is 0 Å². The Morgan fingerprint density at radius 1 is 1.00 bits per heavy atom. The number of aliphatic hydroxyl groups excluding tert-OH is 1. The molecule has 0 spiro atoms. The minimum Gasteiger partial charge on any atom is -0.393 e. The zero-order valence-corrected chi connectivity index (χ0v) is 7.29. The monoisotopic (exact) mass is 152 g/mol. The van der Waals surface area contributed by atoms with E-state index in [-0.39, 0.29) is 6.10 Å². The Kier molecular flexibility index (Phi) is 1.96. The number of hydrogen-bond acceptors (Lipinski definition) is 1. The van der Waals surface area contributed by atoms with Gasteiger partial charge in [-0.1, -0.05) is 18.7 Å².